The topological polar surface area (TPSA) is 87.6 Å². The summed E-state index contributed by atoms with van der Waals surface area (Å²) in [4.78, 5) is 23.0. The first-order valence-electron chi connectivity index (χ1n) is 7.79. The first-order chi connectivity index (χ1) is 11.7. The summed E-state index contributed by atoms with van der Waals surface area (Å²) in [6.45, 7) is 1.13. The zero-order valence-electron chi connectivity index (χ0n) is 13.4. The number of rotatable bonds is 5. The minimum Gasteiger partial charge on any atom is -0.496 e. The monoisotopic (exact) mass is 328 g/mol. The van der Waals surface area contributed by atoms with Crippen molar-refractivity contribution in [3.8, 4) is 5.75 Å². The molecule has 2 N–H and O–H groups in total. The molecule has 0 saturated carbocycles. The Labute approximate surface area is 140 Å². The van der Waals surface area contributed by atoms with Crippen LogP contribution in [0.2, 0.25) is 0 Å². The number of hydrogen-bond acceptors (Lipinski definition) is 6. The number of benzene rings is 1. The SMILES string of the molecule is COc1ccccc1C(=O)N[C@@H]1CN(c2ncccn2)C[C@H]1CO. The maximum absolute atomic E-state index is 12.6. The molecular formula is C17H20N4O3. The van der Waals surface area contributed by atoms with Crippen LogP contribution >= 0.6 is 0 Å². The standard InChI is InChI=1S/C17H20N4O3/c1-24-15-6-3-2-5-13(15)16(23)20-14-10-21(9-12(14)11-22)17-18-7-4-8-19-17/h2-8,12,14,22H,9-11H2,1H3,(H,20,23)/t12-,14+/m0/s1. The van der Waals surface area contributed by atoms with E-state index in [2.05, 4.69) is 15.3 Å². The van der Waals surface area contributed by atoms with Crippen LogP contribution in [0.1, 0.15) is 10.4 Å². The second-order valence-electron chi connectivity index (χ2n) is 5.68. The van der Waals surface area contributed by atoms with Crippen LogP contribution in [0.3, 0.4) is 0 Å². The molecule has 1 amide bonds. The van der Waals surface area contributed by atoms with Gasteiger partial charge < -0.3 is 20.1 Å². The Morgan fingerprint density at radius 2 is 2.04 bits per heavy atom. The number of amides is 1. The van der Waals surface area contributed by atoms with Gasteiger partial charge in [-0.25, -0.2) is 9.97 Å². The number of ether oxygens (including phenoxy) is 1. The molecule has 24 heavy (non-hydrogen) atoms. The summed E-state index contributed by atoms with van der Waals surface area (Å²) in [5.74, 6) is 0.834. The van der Waals surface area contributed by atoms with Crippen LogP contribution in [-0.2, 0) is 0 Å². The average Bonchev–Trinajstić information content (AvgIpc) is 3.05. The van der Waals surface area contributed by atoms with Crippen LogP contribution in [0, 0.1) is 5.92 Å². The fourth-order valence-electron chi connectivity index (χ4n) is 2.92. The zero-order valence-corrected chi connectivity index (χ0v) is 13.4. The van der Waals surface area contributed by atoms with E-state index in [4.69, 9.17) is 4.74 Å². The van der Waals surface area contributed by atoms with E-state index in [0.29, 0.717) is 30.4 Å². The van der Waals surface area contributed by atoms with E-state index < -0.39 is 0 Å². The van der Waals surface area contributed by atoms with Crippen molar-refractivity contribution in [1.29, 1.82) is 0 Å². The largest absolute Gasteiger partial charge is 0.496 e. The quantitative estimate of drug-likeness (QED) is 0.841. The van der Waals surface area contributed by atoms with Gasteiger partial charge in [-0.2, -0.15) is 0 Å². The highest BCUT2D eigenvalue weighted by Crippen LogP contribution is 2.22. The maximum atomic E-state index is 12.6. The van der Waals surface area contributed by atoms with Crippen molar-refractivity contribution >= 4 is 11.9 Å². The molecule has 0 aliphatic carbocycles. The first-order valence-corrected chi connectivity index (χ1v) is 7.79. The van der Waals surface area contributed by atoms with Gasteiger partial charge in [-0.05, 0) is 18.2 Å². The number of carbonyl (C=O) groups excluding carboxylic acids is 1. The van der Waals surface area contributed by atoms with Gasteiger partial charge in [-0.15, -0.1) is 0 Å². The number of aromatic nitrogens is 2. The Balaban J connectivity index is 1.73. The van der Waals surface area contributed by atoms with E-state index in [1.165, 1.54) is 7.11 Å². The average molecular weight is 328 g/mol. The van der Waals surface area contributed by atoms with Crippen LogP contribution in [-0.4, -0.2) is 53.8 Å². The second kappa shape index (κ2) is 7.27. The zero-order chi connectivity index (χ0) is 16.9. The van der Waals surface area contributed by atoms with Crippen LogP contribution in [0.4, 0.5) is 5.95 Å². The number of aliphatic hydroxyl groups excluding tert-OH is 1. The lowest BCUT2D eigenvalue weighted by Crippen LogP contribution is -2.41. The molecule has 2 atom stereocenters. The molecule has 0 bridgehead atoms. The number of carbonyl (C=O) groups is 1. The molecule has 126 valence electrons. The Bertz CT molecular complexity index is 695. The summed E-state index contributed by atoms with van der Waals surface area (Å²) in [6.07, 6.45) is 3.36. The molecule has 7 heteroatoms. The van der Waals surface area contributed by atoms with Gasteiger partial charge in [-0.1, -0.05) is 12.1 Å². The number of hydrogen-bond donors (Lipinski definition) is 2. The lowest BCUT2D eigenvalue weighted by atomic mass is 10.0. The molecule has 1 fully saturated rings. The number of nitrogens with zero attached hydrogens (tertiary/aromatic N) is 3. The van der Waals surface area contributed by atoms with Crippen molar-refractivity contribution in [1.82, 2.24) is 15.3 Å². The molecule has 1 saturated heterocycles. The summed E-state index contributed by atoms with van der Waals surface area (Å²) in [7, 11) is 1.53. The Morgan fingerprint density at radius 3 is 2.75 bits per heavy atom. The number of para-hydroxylation sites is 1. The number of aliphatic hydroxyl groups is 1. The lowest BCUT2D eigenvalue weighted by molar-refractivity contribution is 0.0918. The summed E-state index contributed by atoms with van der Waals surface area (Å²) in [6, 6.07) is 8.64. The van der Waals surface area contributed by atoms with Gasteiger partial charge in [0, 0.05) is 38.0 Å². The van der Waals surface area contributed by atoms with Crippen LogP contribution in [0.15, 0.2) is 42.7 Å². The van der Waals surface area contributed by atoms with E-state index >= 15 is 0 Å². The fourth-order valence-corrected chi connectivity index (χ4v) is 2.92. The van der Waals surface area contributed by atoms with Crippen molar-refractivity contribution in [3.05, 3.63) is 48.3 Å². The Hall–Kier alpha value is -2.67. The van der Waals surface area contributed by atoms with Gasteiger partial charge in [0.15, 0.2) is 0 Å². The van der Waals surface area contributed by atoms with Crippen LogP contribution in [0.25, 0.3) is 0 Å². The fraction of sp³-hybridized carbons (Fsp3) is 0.353. The molecule has 0 radical (unpaired) electrons. The van der Waals surface area contributed by atoms with Crippen molar-refractivity contribution in [2.45, 2.75) is 6.04 Å². The number of nitrogens with one attached hydrogen (secondary N) is 1. The number of methoxy groups -OCH3 is 1. The molecule has 1 aromatic heterocycles. The van der Waals surface area contributed by atoms with Gasteiger partial charge in [0.25, 0.3) is 5.91 Å². The summed E-state index contributed by atoms with van der Waals surface area (Å²) in [5.41, 5.74) is 0.478. The van der Waals surface area contributed by atoms with Crippen LogP contribution in [0.5, 0.6) is 5.75 Å². The molecule has 2 aromatic rings. The third-order valence-corrected chi connectivity index (χ3v) is 4.18. The van der Waals surface area contributed by atoms with E-state index in [9.17, 15) is 9.90 Å². The van der Waals surface area contributed by atoms with E-state index in [-0.39, 0.29) is 24.5 Å². The molecule has 0 unspecified atom stereocenters. The van der Waals surface area contributed by atoms with Gasteiger partial charge in [-0.3, -0.25) is 4.79 Å². The molecule has 3 rings (SSSR count). The third-order valence-electron chi connectivity index (χ3n) is 4.18. The predicted molar refractivity (Wildman–Crippen MR) is 89.1 cm³/mol. The summed E-state index contributed by atoms with van der Waals surface area (Å²) < 4.78 is 5.23. The van der Waals surface area contributed by atoms with E-state index in [1.807, 2.05) is 11.0 Å². The number of anilines is 1. The minimum atomic E-state index is -0.216. The molecule has 7 nitrogen and oxygen atoms in total. The molecule has 0 spiro atoms. The van der Waals surface area contributed by atoms with E-state index in [0.717, 1.165) is 0 Å². The van der Waals surface area contributed by atoms with Gasteiger partial charge >= 0.3 is 0 Å². The highest BCUT2D eigenvalue weighted by Gasteiger charge is 2.35. The van der Waals surface area contributed by atoms with Crippen molar-refractivity contribution < 1.29 is 14.6 Å². The van der Waals surface area contributed by atoms with Gasteiger partial charge in [0.2, 0.25) is 5.95 Å². The highest BCUT2D eigenvalue weighted by atomic mass is 16.5. The Kier molecular flexibility index (Phi) is 4.90. The third kappa shape index (κ3) is 3.30. The molecule has 1 aromatic carbocycles. The predicted octanol–water partition coefficient (Wildman–Crippen LogP) is 0.712. The normalized spacial score (nSPS) is 20.0. The van der Waals surface area contributed by atoms with Crippen molar-refractivity contribution in [2.75, 3.05) is 31.7 Å². The van der Waals surface area contributed by atoms with Crippen molar-refractivity contribution in [3.63, 3.8) is 0 Å². The lowest BCUT2D eigenvalue weighted by Gasteiger charge is -2.18. The Morgan fingerprint density at radius 1 is 1.29 bits per heavy atom. The van der Waals surface area contributed by atoms with Crippen LogP contribution < -0.4 is 15.0 Å². The molecule has 2 heterocycles. The summed E-state index contributed by atoms with van der Waals surface area (Å²) in [5, 5.41) is 12.6. The van der Waals surface area contributed by atoms with Gasteiger partial charge in [0.1, 0.15) is 5.75 Å². The maximum Gasteiger partial charge on any atom is 0.255 e. The minimum absolute atomic E-state index is 0.0137. The van der Waals surface area contributed by atoms with E-state index in [1.54, 1.807) is 36.7 Å². The highest BCUT2D eigenvalue weighted by molar-refractivity contribution is 5.97. The van der Waals surface area contributed by atoms with Crippen molar-refractivity contribution in [2.24, 2.45) is 5.92 Å². The first kappa shape index (κ1) is 16.2. The molecule has 1 aliphatic heterocycles. The van der Waals surface area contributed by atoms with Gasteiger partial charge in [0.05, 0.1) is 18.7 Å². The second-order valence-corrected chi connectivity index (χ2v) is 5.68. The molecule has 1 aliphatic rings. The smallest absolute Gasteiger partial charge is 0.255 e. The molecular weight excluding hydrogens is 308 g/mol. The summed E-state index contributed by atoms with van der Waals surface area (Å²) >= 11 is 0.